The van der Waals surface area contributed by atoms with Crippen LogP contribution in [0.3, 0.4) is 0 Å². The average Bonchev–Trinajstić information content (AvgIpc) is 2.73. The molecule has 1 aromatic heterocycles. The third-order valence-electron chi connectivity index (χ3n) is 4.79. The summed E-state index contributed by atoms with van der Waals surface area (Å²) in [5.74, 6) is 1.34. The average molecular weight is 394 g/mol. The summed E-state index contributed by atoms with van der Waals surface area (Å²) in [5.41, 5.74) is 0.551. The molecule has 0 fully saturated rings. The quantitative estimate of drug-likeness (QED) is 0.610. The Morgan fingerprint density at radius 2 is 1.83 bits per heavy atom. The molecule has 152 valence electrons. The Bertz CT molecular complexity index is 1100. The minimum Gasteiger partial charge on any atom is -0.497 e. The minimum atomic E-state index is -0.344. The number of ether oxygens (including phenoxy) is 2. The molecule has 1 heterocycles. The van der Waals surface area contributed by atoms with Gasteiger partial charge in [0.25, 0.3) is 5.56 Å². The van der Waals surface area contributed by atoms with Gasteiger partial charge in [-0.05, 0) is 30.5 Å². The highest BCUT2D eigenvalue weighted by Crippen LogP contribution is 2.32. The highest BCUT2D eigenvalue weighted by molar-refractivity contribution is 6.01. The van der Waals surface area contributed by atoms with Crippen LogP contribution < -0.4 is 15.0 Å². The van der Waals surface area contributed by atoms with Crippen LogP contribution in [-0.2, 0) is 0 Å². The molecule has 0 saturated carbocycles. The highest BCUT2D eigenvalue weighted by Gasteiger charge is 2.19. The van der Waals surface area contributed by atoms with Crippen LogP contribution in [0.25, 0.3) is 16.5 Å². The summed E-state index contributed by atoms with van der Waals surface area (Å²) in [4.78, 5) is 17.7. The Labute approximate surface area is 170 Å². The number of benzene rings is 2. The van der Waals surface area contributed by atoms with Gasteiger partial charge in [0.1, 0.15) is 11.5 Å². The fraction of sp³-hybridized carbons (Fsp3) is 0.304. The molecule has 0 aliphatic heterocycles. The molecule has 0 amide bonds. The number of aliphatic imine (C=N–C) groups is 1. The first kappa shape index (κ1) is 20.5. The first-order chi connectivity index (χ1) is 14.0. The lowest BCUT2D eigenvalue weighted by molar-refractivity contribution is 0.395. The van der Waals surface area contributed by atoms with E-state index in [1.54, 1.807) is 43.7 Å². The highest BCUT2D eigenvalue weighted by atomic mass is 16.5. The number of hydrogen-bond acceptors (Lipinski definition) is 5. The monoisotopic (exact) mass is 394 g/mol. The number of methoxy groups -OCH3 is 2. The predicted octanol–water partition coefficient (Wildman–Crippen LogP) is 4.18. The molecule has 0 bridgehead atoms. The van der Waals surface area contributed by atoms with Gasteiger partial charge < -0.3 is 14.6 Å². The number of hydrogen-bond donors (Lipinski definition) is 1. The van der Waals surface area contributed by atoms with Crippen molar-refractivity contribution in [2.75, 3.05) is 20.8 Å². The smallest absolute Gasteiger partial charge is 0.265 e. The number of aromatic nitrogens is 1. The Balaban J connectivity index is 2.28. The summed E-state index contributed by atoms with van der Waals surface area (Å²) in [6.45, 7) is 4.92. The maximum Gasteiger partial charge on any atom is 0.265 e. The summed E-state index contributed by atoms with van der Waals surface area (Å²) < 4.78 is 12.0. The van der Waals surface area contributed by atoms with Crippen LogP contribution in [0.15, 0.2) is 52.3 Å². The third kappa shape index (κ3) is 4.11. The Morgan fingerprint density at radius 1 is 1.10 bits per heavy atom. The molecule has 0 aliphatic rings. The van der Waals surface area contributed by atoms with Crippen LogP contribution in [0, 0.1) is 5.92 Å². The SMILES string of the molecule is COc1ccc(OC)c(-n2c(O)c(C=NCCC(C)C)c3ccccc3c2=O)c1. The van der Waals surface area contributed by atoms with Crippen LogP contribution in [0.5, 0.6) is 17.4 Å². The van der Waals surface area contributed by atoms with E-state index in [1.807, 2.05) is 12.1 Å². The summed E-state index contributed by atoms with van der Waals surface area (Å²) in [5, 5.41) is 12.2. The summed E-state index contributed by atoms with van der Waals surface area (Å²) in [6.07, 6.45) is 2.58. The van der Waals surface area contributed by atoms with E-state index in [-0.39, 0.29) is 11.4 Å². The Morgan fingerprint density at radius 3 is 2.48 bits per heavy atom. The molecule has 29 heavy (non-hydrogen) atoms. The first-order valence-corrected chi connectivity index (χ1v) is 9.56. The van der Waals surface area contributed by atoms with Crippen molar-refractivity contribution in [3.05, 3.63) is 58.4 Å². The van der Waals surface area contributed by atoms with Crippen LogP contribution in [-0.4, -0.2) is 36.7 Å². The van der Waals surface area contributed by atoms with E-state index >= 15 is 0 Å². The number of pyridine rings is 1. The molecule has 6 nitrogen and oxygen atoms in total. The molecule has 6 heteroatoms. The van der Waals surface area contributed by atoms with Gasteiger partial charge in [0.15, 0.2) is 0 Å². The lowest BCUT2D eigenvalue weighted by Gasteiger charge is -2.17. The van der Waals surface area contributed by atoms with Gasteiger partial charge in [-0.25, -0.2) is 4.57 Å². The second-order valence-corrected chi connectivity index (χ2v) is 7.18. The molecule has 3 rings (SSSR count). The summed E-state index contributed by atoms with van der Waals surface area (Å²) in [7, 11) is 3.06. The molecule has 0 spiro atoms. The molecule has 2 aromatic carbocycles. The third-order valence-corrected chi connectivity index (χ3v) is 4.79. The maximum absolute atomic E-state index is 13.3. The lowest BCUT2D eigenvalue weighted by atomic mass is 10.1. The molecule has 0 saturated heterocycles. The van der Waals surface area contributed by atoms with E-state index in [2.05, 4.69) is 18.8 Å². The molecule has 0 unspecified atom stereocenters. The number of aromatic hydroxyl groups is 1. The van der Waals surface area contributed by atoms with Crippen LogP contribution in [0.1, 0.15) is 25.8 Å². The van der Waals surface area contributed by atoms with Gasteiger partial charge in [-0.3, -0.25) is 9.79 Å². The van der Waals surface area contributed by atoms with Crippen LogP contribution in [0.4, 0.5) is 0 Å². The lowest BCUT2D eigenvalue weighted by Crippen LogP contribution is -2.20. The minimum absolute atomic E-state index is 0.187. The molecular weight excluding hydrogens is 368 g/mol. The van der Waals surface area contributed by atoms with Crippen molar-refractivity contribution >= 4 is 17.0 Å². The molecular formula is C23H26N2O4. The van der Waals surface area contributed by atoms with Crippen molar-refractivity contribution in [2.45, 2.75) is 20.3 Å². The second kappa shape index (κ2) is 8.82. The fourth-order valence-electron chi connectivity index (χ4n) is 3.17. The zero-order valence-electron chi connectivity index (χ0n) is 17.2. The van der Waals surface area contributed by atoms with E-state index in [4.69, 9.17) is 9.47 Å². The van der Waals surface area contributed by atoms with Crippen molar-refractivity contribution in [2.24, 2.45) is 10.9 Å². The topological polar surface area (TPSA) is 73.1 Å². The molecule has 0 aliphatic carbocycles. The second-order valence-electron chi connectivity index (χ2n) is 7.18. The zero-order valence-corrected chi connectivity index (χ0v) is 17.2. The zero-order chi connectivity index (χ0) is 21.0. The normalized spacial score (nSPS) is 11.5. The van der Waals surface area contributed by atoms with Crippen LogP contribution in [0.2, 0.25) is 0 Å². The van der Waals surface area contributed by atoms with E-state index in [0.717, 1.165) is 6.42 Å². The predicted molar refractivity (Wildman–Crippen MR) is 116 cm³/mol. The van der Waals surface area contributed by atoms with Crippen molar-refractivity contribution < 1.29 is 14.6 Å². The van der Waals surface area contributed by atoms with Crippen molar-refractivity contribution in [3.8, 4) is 23.1 Å². The van der Waals surface area contributed by atoms with Gasteiger partial charge in [-0.2, -0.15) is 0 Å². The largest absolute Gasteiger partial charge is 0.497 e. The maximum atomic E-state index is 13.3. The van der Waals surface area contributed by atoms with Crippen molar-refractivity contribution in [1.82, 2.24) is 4.57 Å². The van der Waals surface area contributed by atoms with E-state index < -0.39 is 0 Å². The standard InChI is InChI=1S/C23H26N2O4/c1-15(2)11-12-24-14-19-17-7-5-6-8-18(17)22(26)25(23(19)27)20-13-16(28-3)9-10-21(20)29-4/h5-10,13-15,27H,11-12H2,1-4H3. The Hall–Kier alpha value is -3.28. The summed E-state index contributed by atoms with van der Waals surface area (Å²) >= 11 is 0. The molecule has 0 atom stereocenters. The Kier molecular flexibility index (Phi) is 6.22. The number of rotatable bonds is 7. The van der Waals surface area contributed by atoms with Crippen molar-refractivity contribution in [1.29, 1.82) is 0 Å². The molecule has 3 aromatic rings. The van der Waals surface area contributed by atoms with Gasteiger partial charge in [0.05, 0.1) is 25.5 Å². The van der Waals surface area contributed by atoms with Gasteiger partial charge in [0, 0.05) is 29.6 Å². The van der Waals surface area contributed by atoms with Crippen molar-refractivity contribution in [3.63, 3.8) is 0 Å². The molecule has 0 radical (unpaired) electrons. The van der Waals surface area contributed by atoms with Crippen LogP contribution >= 0.6 is 0 Å². The van der Waals surface area contributed by atoms with E-state index in [0.29, 0.717) is 46.0 Å². The van der Waals surface area contributed by atoms with Gasteiger partial charge >= 0.3 is 0 Å². The number of nitrogens with zero attached hydrogens (tertiary/aromatic N) is 2. The first-order valence-electron chi connectivity index (χ1n) is 9.56. The van der Waals surface area contributed by atoms with E-state index in [1.165, 1.54) is 11.7 Å². The fourth-order valence-corrected chi connectivity index (χ4v) is 3.17. The molecule has 1 N–H and O–H groups in total. The van der Waals surface area contributed by atoms with Gasteiger partial charge in [-0.1, -0.05) is 32.0 Å². The van der Waals surface area contributed by atoms with Gasteiger partial charge in [0.2, 0.25) is 5.88 Å². The number of fused-ring (bicyclic) bond motifs is 1. The van der Waals surface area contributed by atoms with E-state index in [9.17, 15) is 9.90 Å². The van der Waals surface area contributed by atoms with Gasteiger partial charge in [-0.15, -0.1) is 0 Å². The summed E-state index contributed by atoms with van der Waals surface area (Å²) in [6, 6.07) is 12.3.